The van der Waals surface area contributed by atoms with Gasteiger partial charge in [-0.3, -0.25) is 14.2 Å². The third-order valence-corrected chi connectivity index (χ3v) is 8.30. The van der Waals surface area contributed by atoms with Crippen LogP contribution in [0.15, 0.2) is 48.6 Å². The first-order chi connectivity index (χ1) is 23.0. The lowest BCUT2D eigenvalue weighted by molar-refractivity contribution is -0.870. The lowest BCUT2D eigenvalue weighted by atomic mass is 10.0. The standard InChI is InChI=1S/C38H68NO8P/c1-6-8-9-10-11-12-13-14-15-16-17-18-19-20-21-22-23-24-25-26-27-28-29-31-38(41)47-36(34-44-37(40)30-7-2)35-46-48(42,43)45-33-32-39(3,4)5/h8-9,11-12,14-15,17-18,36H,6-7,10,13,16,19-35H2,1-5H3/b9-8-,12-11-,15-14-,18-17-. The largest absolute Gasteiger partial charge is 0.756 e. The molecule has 0 bridgehead atoms. The normalized spacial score (nSPS) is 14.4. The summed E-state index contributed by atoms with van der Waals surface area (Å²) in [5.41, 5.74) is 0. The van der Waals surface area contributed by atoms with Crippen LogP contribution in [0, 0.1) is 0 Å². The Balaban J connectivity index is 3.99. The molecule has 0 aliphatic heterocycles. The molecule has 0 heterocycles. The average molecular weight is 698 g/mol. The second kappa shape index (κ2) is 31.0. The molecule has 0 saturated heterocycles. The van der Waals surface area contributed by atoms with Crippen LogP contribution in [-0.2, 0) is 32.7 Å². The topological polar surface area (TPSA) is 111 Å². The summed E-state index contributed by atoms with van der Waals surface area (Å²) < 4.78 is 33.1. The Morgan fingerprint density at radius 2 is 1.19 bits per heavy atom. The van der Waals surface area contributed by atoms with Gasteiger partial charge in [0, 0.05) is 12.8 Å². The zero-order chi connectivity index (χ0) is 35.8. The number of nitrogens with zero attached hydrogens (tertiary/aromatic N) is 1. The molecule has 0 saturated carbocycles. The van der Waals surface area contributed by atoms with Crippen LogP contribution in [0.4, 0.5) is 0 Å². The van der Waals surface area contributed by atoms with E-state index in [0.29, 0.717) is 23.9 Å². The van der Waals surface area contributed by atoms with Gasteiger partial charge >= 0.3 is 11.9 Å². The smallest absolute Gasteiger partial charge is 0.306 e. The van der Waals surface area contributed by atoms with E-state index < -0.39 is 32.5 Å². The molecule has 2 unspecified atom stereocenters. The molecule has 0 fully saturated rings. The number of allylic oxidation sites excluding steroid dienone is 8. The van der Waals surface area contributed by atoms with E-state index in [9.17, 15) is 19.0 Å². The minimum Gasteiger partial charge on any atom is -0.756 e. The van der Waals surface area contributed by atoms with Crippen LogP contribution in [0.5, 0.6) is 0 Å². The van der Waals surface area contributed by atoms with Crippen molar-refractivity contribution in [3.63, 3.8) is 0 Å². The van der Waals surface area contributed by atoms with Crippen LogP contribution in [-0.4, -0.2) is 70.0 Å². The Morgan fingerprint density at radius 1 is 0.667 bits per heavy atom. The number of phosphoric ester groups is 1. The number of hydrogen-bond donors (Lipinski definition) is 0. The van der Waals surface area contributed by atoms with Gasteiger partial charge in [-0.25, -0.2) is 0 Å². The van der Waals surface area contributed by atoms with E-state index in [1.165, 1.54) is 38.5 Å². The van der Waals surface area contributed by atoms with Gasteiger partial charge < -0.3 is 27.9 Å². The lowest BCUT2D eigenvalue weighted by Gasteiger charge is -2.28. The molecule has 10 heteroatoms. The molecule has 9 nitrogen and oxygen atoms in total. The van der Waals surface area contributed by atoms with E-state index in [0.717, 1.165) is 51.4 Å². The maximum absolute atomic E-state index is 12.4. The Bertz CT molecular complexity index is 970. The zero-order valence-corrected chi connectivity index (χ0v) is 31.8. The Kier molecular flexibility index (Phi) is 29.7. The van der Waals surface area contributed by atoms with Crippen molar-refractivity contribution in [3.8, 4) is 0 Å². The van der Waals surface area contributed by atoms with Gasteiger partial charge in [0.05, 0.1) is 27.7 Å². The van der Waals surface area contributed by atoms with Crippen LogP contribution >= 0.6 is 7.82 Å². The maximum Gasteiger partial charge on any atom is 0.306 e. The van der Waals surface area contributed by atoms with Crippen molar-refractivity contribution < 1.29 is 42.1 Å². The van der Waals surface area contributed by atoms with Gasteiger partial charge in [0.1, 0.15) is 19.8 Å². The van der Waals surface area contributed by atoms with Crippen LogP contribution in [0.2, 0.25) is 0 Å². The molecular formula is C38H68NO8P. The predicted octanol–water partition coefficient (Wildman–Crippen LogP) is 8.94. The van der Waals surface area contributed by atoms with Crippen molar-refractivity contribution in [2.45, 2.75) is 136 Å². The second-order valence-corrected chi connectivity index (χ2v) is 14.6. The second-order valence-electron chi connectivity index (χ2n) is 13.2. The molecule has 48 heavy (non-hydrogen) atoms. The summed E-state index contributed by atoms with van der Waals surface area (Å²) in [6.45, 7) is 3.69. The molecule has 0 amide bonds. The van der Waals surface area contributed by atoms with Crippen LogP contribution in [0.3, 0.4) is 0 Å². The number of rotatable bonds is 32. The van der Waals surface area contributed by atoms with Crippen molar-refractivity contribution in [3.05, 3.63) is 48.6 Å². The van der Waals surface area contributed by atoms with Gasteiger partial charge in [-0.15, -0.1) is 0 Å². The summed E-state index contributed by atoms with van der Waals surface area (Å²) in [4.78, 5) is 36.4. The zero-order valence-electron chi connectivity index (χ0n) is 30.9. The summed E-state index contributed by atoms with van der Waals surface area (Å²) in [5, 5.41) is 0. The summed E-state index contributed by atoms with van der Waals surface area (Å²) in [7, 11) is 1.15. The fraction of sp³-hybridized carbons (Fsp3) is 0.737. The van der Waals surface area contributed by atoms with E-state index in [4.69, 9.17) is 18.5 Å². The molecule has 2 atom stereocenters. The highest BCUT2D eigenvalue weighted by Gasteiger charge is 2.21. The van der Waals surface area contributed by atoms with Crippen LogP contribution < -0.4 is 4.89 Å². The highest BCUT2D eigenvalue weighted by molar-refractivity contribution is 7.45. The Labute approximate surface area is 293 Å². The van der Waals surface area contributed by atoms with Crippen molar-refractivity contribution in [2.24, 2.45) is 0 Å². The molecule has 0 N–H and O–H groups in total. The first kappa shape index (κ1) is 46.0. The Morgan fingerprint density at radius 3 is 1.73 bits per heavy atom. The third-order valence-electron chi connectivity index (χ3n) is 7.33. The summed E-state index contributed by atoms with van der Waals surface area (Å²) in [6.07, 6.45) is 34.5. The first-order valence-electron chi connectivity index (χ1n) is 18.3. The molecule has 0 aliphatic rings. The van der Waals surface area contributed by atoms with Crippen molar-refractivity contribution in [1.29, 1.82) is 0 Å². The van der Waals surface area contributed by atoms with Gasteiger partial charge in [-0.2, -0.15) is 0 Å². The number of unbranched alkanes of at least 4 members (excludes halogenated alkanes) is 10. The van der Waals surface area contributed by atoms with E-state index in [1.54, 1.807) is 0 Å². The molecule has 0 spiro atoms. The van der Waals surface area contributed by atoms with Gasteiger partial charge in [-0.05, 0) is 51.4 Å². The Hall–Kier alpha value is -2.03. The highest BCUT2D eigenvalue weighted by Crippen LogP contribution is 2.38. The molecule has 0 rings (SSSR count). The van der Waals surface area contributed by atoms with Crippen LogP contribution in [0.1, 0.15) is 129 Å². The molecule has 0 aromatic rings. The fourth-order valence-electron chi connectivity index (χ4n) is 4.50. The highest BCUT2D eigenvalue weighted by atomic mass is 31.2. The SMILES string of the molecule is CC/C=C\C/C=C\C/C=C\C/C=C\CCCCCCCCCCCCC(=O)OC(COC(=O)CCC)COP(=O)([O-])OCC[N+](C)(C)C. The number of carbonyl (C=O) groups is 2. The van der Waals surface area contributed by atoms with Gasteiger partial charge in [0.15, 0.2) is 6.10 Å². The van der Waals surface area contributed by atoms with Crippen molar-refractivity contribution >= 4 is 19.8 Å². The number of ether oxygens (including phenoxy) is 2. The minimum absolute atomic E-state index is 0.0343. The molecule has 278 valence electrons. The fourth-order valence-corrected chi connectivity index (χ4v) is 5.23. The minimum atomic E-state index is -4.60. The van der Waals surface area contributed by atoms with Gasteiger partial charge in [0.25, 0.3) is 7.82 Å². The number of esters is 2. The third kappa shape index (κ3) is 33.9. The molecular weight excluding hydrogens is 629 g/mol. The summed E-state index contributed by atoms with van der Waals surface area (Å²) in [5.74, 6) is -0.906. The van der Waals surface area contributed by atoms with E-state index in [2.05, 4.69) is 55.5 Å². The number of quaternary nitrogens is 1. The monoisotopic (exact) mass is 697 g/mol. The summed E-state index contributed by atoms with van der Waals surface area (Å²) >= 11 is 0. The van der Waals surface area contributed by atoms with Crippen LogP contribution in [0.25, 0.3) is 0 Å². The number of phosphoric acid groups is 1. The maximum atomic E-state index is 12.4. The molecule has 0 aromatic carbocycles. The molecule has 0 radical (unpaired) electrons. The van der Waals surface area contributed by atoms with E-state index >= 15 is 0 Å². The van der Waals surface area contributed by atoms with Gasteiger partial charge in [0.2, 0.25) is 0 Å². The van der Waals surface area contributed by atoms with E-state index in [-0.39, 0.29) is 26.1 Å². The molecule has 0 aliphatic carbocycles. The van der Waals surface area contributed by atoms with Gasteiger partial charge in [-0.1, -0.05) is 114 Å². The number of carbonyl (C=O) groups excluding carboxylic acids is 2. The van der Waals surface area contributed by atoms with E-state index in [1.807, 2.05) is 28.1 Å². The quantitative estimate of drug-likeness (QED) is 0.0225. The van der Waals surface area contributed by atoms with Crippen molar-refractivity contribution in [1.82, 2.24) is 0 Å². The predicted molar refractivity (Wildman–Crippen MR) is 194 cm³/mol. The number of hydrogen-bond acceptors (Lipinski definition) is 8. The number of likely N-dealkylation sites (N-methyl/N-ethyl adjacent to an activating group) is 1. The summed E-state index contributed by atoms with van der Waals surface area (Å²) in [6, 6.07) is 0. The average Bonchev–Trinajstić information content (AvgIpc) is 3.02. The molecule has 0 aromatic heterocycles. The lowest BCUT2D eigenvalue weighted by Crippen LogP contribution is -2.37. The first-order valence-corrected chi connectivity index (χ1v) is 19.8. The van der Waals surface area contributed by atoms with Crippen molar-refractivity contribution in [2.75, 3.05) is 47.5 Å².